The Morgan fingerprint density at radius 2 is 1.73 bits per heavy atom. The van der Waals surface area contributed by atoms with Crippen LogP contribution in [0.25, 0.3) is 0 Å². The van der Waals surface area contributed by atoms with Crippen LogP contribution in [0, 0.1) is 0 Å². The number of benzene rings is 2. The third-order valence-electron chi connectivity index (χ3n) is 4.55. The predicted octanol–water partition coefficient (Wildman–Crippen LogP) is 2.59. The monoisotopic (exact) mass is 354 g/mol. The Morgan fingerprint density at radius 3 is 2.38 bits per heavy atom. The summed E-state index contributed by atoms with van der Waals surface area (Å²) in [6.45, 7) is 1.66. The molecule has 0 aliphatic carbocycles. The molecule has 1 heterocycles. The van der Waals surface area contributed by atoms with Crippen molar-refractivity contribution in [1.29, 1.82) is 0 Å². The van der Waals surface area contributed by atoms with Gasteiger partial charge in [0.2, 0.25) is 0 Å². The van der Waals surface area contributed by atoms with E-state index in [2.05, 4.69) is 5.32 Å². The topological polar surface area (TPSA) is 89.9 Å². The summed E-state index contributed by atoms with van der Waals surface area (Å²) in [5.74, 6) is -0.961. The van der Waals surface area contributed by atoms with Crippen LogP contribution in [0.2, 0.25) is 0 Å². The first-order valence-corrected chi connectivity index (χ1v) is 8.66. The number of likely N-dealkylation sites (tertiary alicyclic amines) is 1. The highest BCUT2D eigenvalue weighted by Gasteiger charge is 2.22. The van der Waals surface area contributed by atoms with E-state index in [1.807, 2.05) is 18.2 Å². The third-order valence-corrected chi connectivity index (χ3v) is 4.55. The van der Waals surface area contributed by atoms with Crippen molar-refractivity contribution in [3.8, 4) is 0 Å². The van der Waals surface area contributed by atoms with E-state index in [1.165, 1.54) is 0 Å². The Bertz CT molecular complexity index is 781. The molecular weight excluding hydrogens is 332 g/mol. The fraction of sp³-hybridized carbons (Fsp3) is 0.300. The molecule has 6 heteroatoms. The Morgan fingerprint density at radius 1 is 1.04 bits per heavy atom. The summed E-state index contributed by atoms with van der Waals surface area (Å²) < 4.78 is 0. The van der Waals surface area contributed by atoms with Gasteiger partial charge in [-0.25, -0.2) is 4.79 Å². The number of carboxylic acid groups (broad SMARTS) is 1. The number of hydrogen-bond acceptors (Lipinski definition) is 4. The van der Waals surface area contributed by atoms with Crippen molar-refractivity contribution in [1.82, 2.24) is 4.90 Å². The first kappa shape index (κ1) is 17.9. The Labute approximate surface area is 152 Å². The fourth-order valence-electron chi connectivity index (χ4n) is 3.00. The van der Waals surface area contributed by atoms with Crippen molar-refractivity contribution < 1.29 is 19.8 Å². The number of carbonyl (C=O) groups excluding carboxylic acids is 1. The van der Waals surface area contributed by atoms with Crippen molar-refractivity contribution in [2.24, 2.45) is 0 Å². The van der Waals surface area contributed by atoms with Gasteiger partial charge < -0.3 is 20.4 Å². The summed E-state index contributed by atoms with van der Waals surface area (Å²) in [6.07, 6.45) is 0.951. The Kier molecular flexibility index (Phi) is 5.53. The summed E-state index contributed by atoms with van der Waals surface area (Å²) in [5.41, 5.74) is 2.62. The molecule has 1 saturated heterocycles. The number of nitrogens with zero attached hydrogens (tertiary/aromatic N) is 1. The SMILES string of the molecule is O=C(O)c1cccc(CNc2ccc(C(=O)N3CCC(O)CC3)cc2)c1. The lowest BCUT2D eigenvalue weighted by atomic mass is 10.1. The van der Waals surface area contributed by atoms with Crippen molar-refractivity contribution in [3.05, 3.63) is 65.2 Å². The largest absolute Gasteiger partial charge is 0.478 e. The summed E-state index contributed by atoms with van der Waals surface area (Å²) in [7, 11) is 0. The number of carbonyl (C=O) groups is 2. The Hall–Kier alpha value is -2.86. The maximum Gasteiger partial charge on any atom is 0.335 e. The van der Waals surface area contributed by atoms with Gasteiger partial charge in [0.1, 0.15) is 0 Å². The molecular formula is C20H22N2O4. The number of rotatable bonds is 5. The van der Waals surface area contributed by atoms with Crippen molar-refractivity contribution >= 4 is 17.6 Å². The van der Waals surface area contributed by atoms with Gasteiger partial charge in [-0.15, -0.1) is 0 Å². The molecule has 136 valence electrons. The van der Waals surface area contributed by atoms with Gasteiger partial charge in [-0.05, 0) is 54.8 Å². The second-order valence-electron chi connectivity index (χ2n) is 6.46. The molecule has 0 aromatic heterocycles. The normalized spacial score (nSPS) is 14.9. The first-order valence-electron chi connectivity index (χ1n) is 8.66. The average Bonchev–Trinajstić information content (AvgIpc) is 2.67. The quantitative estimate of drug-likeness (QED) is 0.768. The van der Waals surface area contributed by atoms with Crippen molar-refractivity contribution in [3.63, 3.8) is 0 Å². The highest BCUT2D eigenvalue weighted by Crippen LogP contribution is 2.17. The lowest BCUT2D eigenvalue weighted by molar-refractivity contribution is 0.0546. The van der Waals surface area contributed by atoms with Gasteiger partial charge in [-0.2, -0.15) is 0 Å². The minimum Gasteiger partial charge on any atom is -0.478 e. The zero-order valence-electron chi connectivity index (χ0n) is 14.4. The van der Waals surface area contributed by atoms with E-state index in [9.17, 15) is 14.7 Å². The van der Waals surface area contributed by atoms with Crippen LogP contribution in [0.15, 0.2) is 48.5 Å². The smallest absolute Gasteiger partial charge is 0.335 e. The zero-order chi connectivity index (χ0) is 18.5. The number of carboxylic acids is 1. The number of hydrogen-bond donors (Lipinski definition) is 3. The third kappa shape index (κ3) is 4.40. The number of amides is 1. The molecule has 26 heavy (non-hydrogen) atoms. The molecule has 2 aromatic carbocycles. The van der Waals surface area contributed by atoms with Crippen LogP contribution in [-0.4, -0.2) is 46.2 Å². The van der Waals surface area contributed by atoms with E-state index >= 15 is 0 Å². The zero-order valence-corrected chi connectivity index (χ0v) is 14.4. The van der Waals surface area contributed by atoms with Gasteiger partial charge >= 0.3 is 5.97 Å². The van der Waals surface area contributed by atoms with Crippen molar-refractivity contribution in [2.75, 3.05) is 18.4 Å². The lowest BCUT2D eigenvalue weighted by Gasteiger charge is -2.29. The lowest BCUT2D eigenvalue weighted by Crippen LogP contribution is -2.40. The number of piperidine rings is 1. The molecule has 3 N–H and O–H groups in total. The van der Waals surface area contributed by atoms with Crippen LogP contribution >= 0.6 is 0 Å². The molecule has 0 radical (unpaired) electrons. The Balaban J connectivity index is 1.58. The molecule has 0 atom stereocenters. The van der Waals surface area contributed by atoms with Gasteiger partial charge in [0.15, 0.2) is 0 Å². The van der Waals surface area contributed by atoms with Crippen LogP contribution in [0.1, 0.15) is 39.1 Å². The van der Waals surface area contributed by atoms with Gasteiger partial charge in [0.25, 0.3) is 5.91 Å². The van der Waals surface area contributed by atoms with Gasteiger partial charge in [0.05, 0.1) is 11.7 Å². The number of aliphatic hydroxyl groups is 1. The first-order chi connectivity index (χ1) is 12.5. The maximum absolute atomic E-state index is 12.5. The van der Waals surface area contributed by atoms with E-state index in [0.29, 0.717) is 38.0 Å². The average molecular weight is 354 g/mol. The highest BCUT2D eigenvalue weighted by atomic mass is 16.4. The van der Waals surface area contributed by atoms with E-state index in [0.717, 1.165) is 11.3 Å². The standard InChI is InChI=1S/C20H22N2O4/c23-18-8-10-22(11-9-18)19(24)15-4-6-17(7-5-15)21-13-14-2-1-3-16(12-14)20(25)26/h1-7,12,18,21,23H,8-11,13H2,(H,25,26). The van der Waals surface area contributed by atoms with Crippen LogP contribution in [0.4, 0.5) is 5.69 Å². The molecule has 3 rings (SSSR count). The summed E-state index contributed by atoms with van der Waals surface area (Å²) in [6, 6.07) is 14.0. The number of nitrogens with one attached hydrogen (secondary N) is 1. The minimum absolute atomic E-state index is 0.0161. The van der Waals surface area contributed by atoms with Crippen LogP contribution < -0.4 is 5.32 Å². The molecule has 1 fully saturated rings. The summed E-state index contributed by atoms with van der Waals surface area (Å²) in [4.78, 5) is 25.2. The van der Waals surface area contributed by atoms with Crippen LogP contribution in [-0.2, 0) is 6.54 Å². The molecule has 6 nitrogen and oxygen atoms in total. The fourth-order valence-corrected chi connectivity index (χ4v) is 3.00. The molecule has 0 saturated carbocycles. The molecule has 1 aliphatic rings. The van der Waals surface area contributed by atoms with E-state index < -0.39 is 5.97 Å². The second-order valence-corrected chi connectivity index (χ2v) is 6.46. The van der Waals surface area contributed by atoms with Crippen LogP contribution in [0.3, 0.4) is 0 Å². The molecule has 0 spiro atoms. The van der Waals surface area contributed by atoms with Crippen molar-refractivity contribution in [2.45, 2.75) is 25.5 Å². The second kappa shape index (κ2) is 8.01. The molecule has 1 aliphatic heterocycles. The minimum atomic E-state index is -0.944. The number of aliphatic hydroxyl groups excluding tert-OH is 1. The number of anilines is 1. The van der Waals surface area contributed by atoms with Gasteiger partial charge in [-0.1, -0.05) is 12.1 Å². The van der Waals surface area contributed by atoms with E-state index in [-0.39, 0.29) is 17.6 Å². The van der Waals surface area contributed by atoms with E-state index in [1.54, 1.807) is 35.2 Å². The highest BCUT2D eigenvalue weighted by molar-refractivity contribution is 5.94. The summed E-state index contributed by atoms with van der Waals surface area (Å²) in [5, 5.41) is 21.8. The maximum atomic E-state index is 12.5. The molecule has 0 unspecified atom stereocenters. The number of aromatic carboxylic acids is 1. The van der Waals surface area contributed by atoms with Gasteiger partial charge in [0, 0.05) is 30.9 Å². The molecule has 2 aromatic rings. The van der Waals surface area contributed by atoms with E-state index in [4.69, 9.17) is 5.11 Å². The van der Waals surface area contributed by atoms with Crippen LogP contribution in [0.5, 0.6) is 0 Å². The summed E-state index contributed by atoms with van der Waals surface area (Å²) >= 11 is 0. The predicted molar refractivity (Wildman–Crippen MR) is 98.3 cm³/mol. The molecule has 1 amide bonds. The van der Waals surface area contributed by atoms with Gasteiger partial charge in [-0.3, -0.25) is 4.79 Å². The molecule has 0 bridgehead atoms.